The highest BCUT2D eigenvalue weighted by molar-refractivity contribution is 5.36. The summed E-state index contributed by atoms with van der Waals surface area (Å²) in [7, 11) is 0. The van der Waals surface area contributed by atoms with Crippen LogP contribution < -0.4 is 0 Å². The number of hydrogen-bond donors (Lipinski definition) is 1. The van der Waals surface area contributed by atoms with Crippen molar-refractivity contribution >= 4 is 0 Å². The quantitative estimate of drug-likeness (QED) is 0.482. The molecule has 3 rings (SSSR count). The summed E-state index contributed by atoms with van der Waals surface area (Å²) in [5, 5.41) is 10.1. The third-order valence-corrected chi connectivity index (χ3v) is 8.54. The maximum atomic E-state index is 10.1. The largest absolute Gasteiger partial charge is 0.393 e. The minimum absolute atomic E-state index is 0.178. The van der Waals surface area contributed by atoms with Crippen LogP contribution in [0.3, 0.4) is 0 Å². The molecule has 0 aromatic carbocycles. The average Bonchev–Trinajstić information content (AvgIpc) is 2.98. The van der Waals surface area contributed by atoms with Crippen LogP contribution >= 0.6 is 0 Å². The smallest absolute Gasteiger partial charge is 0.0583 e. The molecule has 0 bridgehead atoms. The molecule has 164 valence electrons. The molecule has 29 heavy (non-hydrogen) atoms. The summed E-state index contributed by atoms with van der Waals surface area (Å²) in [6, 6.07) is 0. The number of fused-ring (bicyclic) bond motifs is 1. The van der Waals surface area contributed by atoms with Crippen molar-refractivity contribution in [3.8, 4) is 0 Å². The molecule has 1 nitrogen and oxygen atoms in total. The fraction of sp³-hybridized carbons (Fsp3) is 0.786. The summed E-state index contributed by atoms with van der Waals surface area (Å²) in [6.07, 6.45) is 16.8. The van der Waals surface area contributed by atoms with Crippen molar-refractivity contribution in [1.29, 1.82) is 0 Å². The minimum atomic E-state index is -0.178. The van der Waals surface area contributed by atoms with E-state index in [2.05, 4.69) is 53.3 Å². The Balaban J connectivity index is 1.75. The van der Waals surface area contributed by atoms with Gasteiger partial charge in [-0.25, -0.2) is 0 Å². The van der Waals surface area contributed by atoms with E-state index in [0.29, 0.717) is 5.41 Å². The fourth-order valence-corrected chi connectivity index (χ4v) is 7.10. The van der Waals surface area contributed by atoms with Crippen molar-refractivity contribution < 1.29 is 5.11 Å². The first-order valence-corrected chi connectivity index (χ1v) is 12.5. The zero-order valence-electron chi connectivity index (χ0n) is 19.8. The van der Waals surface area contributed by atoms with Gasteiger partial charge in [0.15, 0.2) is 0 Å². The summed E-state index contributed by atoms with van der Waals surface area (Å²) in [5.41, 5.74) is 4.68. The highest BCUT2D eigenvalue weighted by Crippen LogP contribution is 2.61. The van der Waals surface area contributed by atoms with Gasteiger partial charge >= 0.3 is 0 Å². The first-order valence-electron chi connectivity index (χ1n) is 12.5. The van der Waals surface area contributed by atoms with E-state index in [1.54, 1.807) is 5.57 Å². The van der Waals surface area contributed by atoms with Crippen LogP contribution in [0.5, 0.6) is 0 Å². The molecular formula is C28H46O. The van der Waals surface area contributed by atoms with Crippen molar-refractivity contribution in [3.63, 3.8) is 0 Å². The maximum Gasteiger partial charge on any atom is 0.0583 e. The molecule has 0 amide bonds. The van der Waals surface area contributed by atoms with E-state index in [1.165, 1.54) is 56.1 Å². The lowest BCUT2D eigenvalue weighted by Gasteiger charge is -2.47. The molecule has 0 saturated heterocycles. The van der Waals surface area contributed by atoms with Crippen LogP contribution in [-0.2, 0) is 0 Å². The van der Waals surface area contributed by atoms with Crippen LogP contribution in [-0.4, -0.2) is 11.2 Å². The highest BCUT2D eigenvalue weighted by Gasteiger charge is 2.51. The number of allylic oxidation sites excluding steroid dienone is 4. The van der Waals surface area contributed by atoms with E-state index in [4.69, 9.17) is 0 Å². The monoisotopic (exact) mass is 398 g/mol. The summed E-state index contributed by atoms with van der Waals surface area (Å²) >= 11 is 0. The third kappa shape index (κ3) is 5.27. The summed E-state index contributed by atoms with van der Waals surface area (Å²) < 4.78 is 0. The molecule has 6 atom stereocenters. The molecule has 1 N–H and O–H groups in total. The molecule has 3 aliphatic carbocycles. The van der Waals surface area contributed by atoms with Gasteiger partial charge in [0.1, 0.15) is 0 Å². The van der Waals surface area contributed by atoms with E-state index >= 15 is 0 Å². The van der Waals surface area contributed by atoms with E-state index in [9.17, 15) is 5.11 Å². The highest BCUT2D eigenvalue weighted by atomic mass is 16.3. The number of hydrogen-bond acceptors (Lipinski definition) is 1. The molecule has 0 spiro atoms. The van der Waals surface area contributed by atoms with Crippen molar-refractivity contribution in [2.75, 3.05) is 0 Å². The summed E-state index contributed by atoms with van der Waals surface area (Å²) in [4.78, 5) is 0. The Bertz CT molecular complexity index is 639. The van der Waals surface area contributed by atoms with Crippen molar-refractivity contribution in [1.82, 2.24) is 0 Å². The molecular weight excluding hydrogens is 352 g/mol. The number of rotatable bonds is 6. The Hall–Kier alpha value is -0.820. The van der Waals surface area contributed by atoms with Gasteiger partial charge in [0.25, 0.3) is 0 Å². The van der Waals surface area contributed by atoms with Gasteiger partial charge in [0.2, 0.25) is 0 Å². The molecule has 0 heterocycles. The van der Waals surface area contributed by atoms with Gasteiger partial charge in [-0.1, -0.05) is 83.8 Å². The van der Waals surface area contributed by atoms with E-state index in [0.717, 1.165) is 48.9 Å². The molecule has 0 aliphatic heterocycles. The van der Waals surface area contributed by atoms with E-state index in [-0.39, 0.29) is 6.10 Å². The Morgan fingerprint density at radius 3 is 2.59 bits per heavy atom. The topological polar surface area (TPSA) is 20.2 Å². The average molecular weight is 399 g/mol. The van der Waals surface area contributed by atoms with Crippen LogP contribution in [0.2, 0.25) is 0 Å². The molecule has 3 saturated carbocycles. The third-order valence-electron chi connectivity index (χ3n) is 8.54. The van der Waals surface area contributed by atoms with Crippen LogP contribution in [0.1, 0.15) is 98.8 Å². The molecule has 1 unspecified atom stereocenters. The molecule has 0 aromatic heterocycles. The second-order valence-corrected chi connectivity index (χ2v) is 11.5. The molecule has 1 heteroatoms. The maximum absolute atomic E-state index is 10.1. The fourth-order valence-electron chi connectivity index (χ4n) is 7.10. The van der Waals surface area contributed by atoms with E-state index < -0.39 is 0 Å². The predicted octanol–water partition coefficient (Wildman–Crippen LogP) is 7.87. The van der Waals surface area contributed by atoms with Crippen molar-refractivity contribution in [2.24, 2.45) is 35.0 Å². The van der Waals surface area contributed by atoms with Crippen LogP contribution in [0.25, 0.3) is 0 Å². The molecule has 0 radical (unpaired) electrons. The second-order valence-electron chi connectivity index (χ2n) is 11.5. The normalized spacial score (nSPS) is 39.3. The van der Waals surface area contributed by atoms with Gasteiger partial charge in [-0.05, 0) is 85.5 Å². The summed E-state index contributed by atoms with van der Waals surface area (Å²) in [5.74, 6) is 4.10. The van der Waals surface area contributed by atoms with Crippen LogP contribution in [0.15, 0.2) is 35.5 Å². The first-order chi connectivity index (χ1) is 13.7. The Morgan fingerprint density at radius 2 is 1.86 bits per heavy atom. The van der Waals surface area contributed by atoms with Gasteiger partial charge in [-0.3, -0.25) is 0 Å². The number of aliphatic hydroxyl groups excluding tert-OH is 1. The van der Waals surface area contributed by atoms with Crippen LogP contribution in [0, 0.1) is 35.0 Å². The molecule has 3 aliphatic rings. The van der Waals surface area contributed by atoms with Gasteiger partial charge in [-0.2, -0.15) is 0 Å². The Labute approximate surface area is 180 Å². The predicted molar refractivity (Wildman–Crippen MR) is 126 cm³/mol. The Kier molecular flexibility index (Phi) is 7.52. The first kappa shape index (κ1) is 22.9. The SMILES string of the molecule is C=C1CC[C@H](O)C/C1=C\C=C1/CC(C)C[C@]2(C)[C@@H]([C@H](C)CCCC(C)C)CC[C@@H]12. The van der Waals surface area contributed by atoms with Crippen molar-refractivity contribution in [2.45, 2.75) is 105 Å². The zero-order valence-corrected chi connectivity index (χ0v) is 19.8. The lowest BCUT2D eigenvalue weighted by Crippen LogP contribution is -2.38. The Morgan fingerprint density at radius 1 is 1.10 bits per heavy atom. The van der Waals surface area contributed by atoms with Gasteiger partial charge in [-0.15, -0.1) is 0 Å². The van der Waals surface area contributed by atoms with E-state index in [1.807, 2.05) is 0 Å². The van der Waals surface area contributed by atoms with Crippen molar-refractivity contribution in [3.05, 3.63) is 35.5 Å². The summed E-state index contributed by atoms with van der Waals surface area (Å²) in [6.45, 7) is 16.6. The van der Waals surface area contributed by atoms with Gasteiger partial charge in [0, 0.05) is 0 Å². The minimum Gasteiger partial charge on any atom is -0.393 e. The lowest BCUT2D eigenvalue weighted by atomic mass is 9.58. The second kappa shape index (κ2) is 9.54. The van der Waals surface area contributed by atoms with Crippen LogP contribution in [0.4, 0.5) is 0 Å². The standard InChI is InChI=1S/C28H46O/c1-19(2)8-7-9-22(5)26-14-15-27-24(16-20(3)18-28(26,27)6)12-11-23-17-25(29)13-10-21(23)4/h11-12,19-20,22,25-27,29H,4,7-10,13-18H2,1-3,5-6H3/b23-11+,24-12+/t20?,22-,25+,26-,27+,28-/m1/s1. The van der Waals surface area contributed by atoms with Gasteiger partial charge < -0.3 is 5.11 Å². The lowest BCUT2D eigenvalue weighted by molar-refractivity contribution is 0.0707. The zero-order chi connectivity index (χ0) is 21.2. The number of aliphatic hydroxyl groups is 1. The molecule has 3 fully saturated rings. The molecule has 0 aromatic rings. The van der Waals surface area contributed by atoms with Gasteiger partial charge in [0.05, 0.1) is 6.10 Å².